The minimum atomic E-state index is 0.355. The quantitative estimate of drug-likeness (QED) is 0.811. The average molecular weight is 211 g/mol. The highest BCUT2D eigenvalue weighted by Crippen LogP contribution is 2.34. The molecule has 14 heavy (non-hydrogen) atoms. The summed E-state index contributed by atoms with van der Waals surface area (Å²) >= 11 is 5.98. The van der Waals surface area contributed by atoms with Crippen molar-refractivity contribution in [3.05, 3.63) is 34.3 Å². The predicted octanol–water partition coefficient (Wildman–Crippen LogP) is 2.18. The van der Waals surface area contributed by atoms with Gasteiger partial charge in [0, 0.05) is 24.2 Å². The molecule has 0 aromatic heterocycles. The molecule has 3 heteroatoms. The van der Waals surface area contributed by atoms with Gasteiger partial charge in [-0.1, -0.05) is 24.6 Å². The number of hydrogen-bond acceptors (Lipinski definition) is 2. The Hall–Kier alpha value is -0.570. The highest BCUT2D eigenvalue weighted by atomic mass is 35.5. The molecule has 2 nitrogen and oxygen atoms in total. The Bertz CT molecular complexity index is 338. The van der Waals surface area contributed by atoms with Crippen molar-refractivity contribution >= 4 is 11.6 Å². The first-order valence-electron chi connectivity index (χ1n) is 4.98. The summed E-state index contributed by atoms with van der Waals surface area (Å²) in [7, 11) is 0. The number of hydrogen-bond donors (Lipinski definition) is 1. The lowest BCUT2D eigenvalue weighted by atomic mass is 10.1. The molecule has 1 aliphatic rings. The molecular weight excluding hydrogens is 196 g/mol. The third kappa shape index (κ3) is 1.54. The number of benzene rings is 1. The Kier molecular flexibility index (Phi) is 2.77. The van der Waals surface area contributed by atoms with Gasteiger partial charge in [-0.05, 0) is 29.8 Å². The fourth-order valence-corrected chi connectivity index (χ4v) is 2.33. The summed E-state index contributed by atoms with van der Waals surface area (Å²) in [5.41, 5.74) is 8.45. The first-order chi connectivity index (χ1) is 6.76. The molecule has 2 rings (SSSR count). The van der Waals surface area contributed by atoms with E-state index in [9.17, 15) is 0 Å². The third-order valence-corrected chi connectivity index (χ3v) is 3.15. The van der Waals surface area contributed by atoms with Gasteiger partial charge in [-0.3, -0.25) is 4.90 Å². The maximum Gasteiger partial charge on any atom is 0.0477 e. The zero-order chi connectivity index (χ0) is 10.1. The first kappa shape index (κ1) is 9.97. The Balaban J connectivity index is 2.38. The lowest BCUT2D eigenvalue weighted by Crippen LogP contribution is -2.27. The largest absolute Gasteiger partial charge is 0.329 e. The topological polar surface area (TPSA) is 29.3 Å². The summed E-state index contributed by atoms with van der Waals surface area (Å²) in [6.45, 7) is 4.87. The van der Waals surface area contributed by atoms with E-state index >= 15 is 0 Å². The molecule has 1 aromatic rings. The zero-order valence-electron chi connectivity index (χ0n) is 8.33. The van der Waals surface area contributed by atoms with Crippen molar-refractivity contribution in [3.63, 3.8) is 0 Å². The fourth-order valence-electron chi connectivity index (χ4n) is 2.15. The van der Waals surface area contributed by atoms with Crippen LogP contribution in [0.2, 0.25) is 5.02 Å². The molecule has 1 atom stereocenters. The average Bonchev–Trinajstić information content (AvgIpc) is 2.54. The summed E-state index contributed by atoms with van der Waals surface area (Å²) < 4.78 is 0. The maximum atomic E-state index is 5.98. The van der Waals surface area contributed by atoms with Crippen molar-refractivity contribution in [2.24, 2.45) is 5.73 Å². The monoisotopic (exact) mass is 210 g/mol. The Morgan fingerprint density at radius 2 is 2.36 bits per heavy atom. The molecule has 0 radical (unpaired) electrons. The molecule has 0 fully saturated rings. The standard InChI is InChI=1S/C11H15ClN2/c1-2-14-7-8-3-4-9(12)5-10(8)11(14)6-13/h3-5,11H,2,6-7,13H2,1H3. The van der Waals surface area contributed by atoms with E-state index in [4.69, 9.17) is 17.3 Å². The number of nitrogens with zero attached hydrogens (tertiary/aromatic N) is 1. The minimum absolute atomic E-state index is 0.355. The van der Waals surface area contributed by atoms with Crippen molar-refractivity contribution in [1.82, 2.24) is 4.90 Å². The first-order valence-corrected chi connectivity index (χ1v) is 5.36. The molecule has 1 unspecified atom stereocenters. The van der Waals surface area contributed by atoms with Crippen molar-refractivity contribution in [2.75, 3.05) is 13.1 Å². The van der Waals surface area contributed by atoms with Crippen LogP contribution in [-0.2, 0) is 6.54 Å². The minimum Gasteiger partial charge on any atom is -0.329 e. The van der Waals surface area contributed by atoms with E-state index in [1.165, 1.54) is 11.1 Å². The molecule has 1 aromatic carbocycles. The highest BCUT2D eigenvalue weighted by molar-refractivity contribution is 6.30. The summed E-state index contributed by atoms with van der Waals surface area (Å²) in [5, 5.41) is 0.806. The summed E-state index contributed by atoms with van der Waals surface area (Å²) in [6.07, 6.45) is 0. The molecule has 0 saturated carbocycles. The maximum absolute atomic E-state index is 5.98. The van der Waals surface area contributed by atoms with E-state index in [-0.39, 0.29) is 0 Å². The smallest absolute Gasteiger partial charge is 0.0477 e. The SMILES string of the molecule is CCN1Cc2ccc(Cl)cc2C1CN. The van der Waals surface area contributed by atoms with Crippen LogP contribution in [0, 0.1) is 0 Å². The number of fused-ring (bicyclic) bond motifs is 1. The molecule has 76 valence electrons. The van der Waals surface area contributed by atoms with Gasteiger partial charge in [0.25, 0.3) is 0 Å². The third-order valence-electron chi connectivity index (χ3n) is 2.91. The predicted molar refractivity (Wildman–Crippen MR) is 59.3 cm³/mol. The molecule has 1 heterocycles. The van der Waals surface area contributed by atoms with Crippen LogP contribution in [0.1, 0.15) is 24.1 Å². The second kappa shape index (κ2) is 3.89. The molecule has 0 amide bonds. The highest BCUT2D eigenvalue weighted by Gasteiger charge is 2.27. The Morgan fingerprint density at radius 1 is 1.57 bits per heavy atom. The lowest BCUT2D eigenvalue weighted by molar-refractivity contribution is 0.232. The van der Waals surface area contributed by atoms with Crippen molar-refractivity contribution in [1.29, 1.82) is 0 Å². The van der Waals surface area contributed by atoms with Gasteiger partial charge < -0.3 is 5.73 Å². The van der Waals surface area contributed by atoms with Gasteiger partial charge in [-0.15, -0.1) is 0 Å². The molecule has 0 spiro atoms. The van der Waals surface area contributed by atoms with Gasteiger partial charge in [-0.2, -0.15) is 0 Å². The lowest BCUT2D eigenvalue weighted by Gasteiger charge is -2.21. The van der Waals surface area contributed by atoms with E-state index in [1.807, 2.05) is 12.1 Å². The molecule has 1 aliphatic heterocycles. The van der Waals surface area contributed by atoms with Crippen LogP contribution in [-0.4, -0.2) is 18.0 Å². The van der Waals surface area contributed by atoms with Crippen LogP contribution in [0.4, 0.5) is 0 Å². The zero-order valence-corrected chi connectivity index (χ0v) is 9.09. The summed E-state index contributed by atoms with van der Waals surface area (Å²) in [4.78, 5) is 2.38. The van der Waals surface area contributed by atoms with E-state index in [1.54, 1.807) is 0 Å². The second-order valence-electron chi connectivity index (χ2n) is 3.66. The van der Waals surface area contributed by atoms with Crippen molar-refractivity contribution < 1.29 is 0 Å². The van der Waals surface area contributed by atoms with Crippen molar-refractivity contribution in [3.8, 4) is 0 Å². The van der Waals surface area contributed by atoms with Crippen LogP contribution >= 0.6 is 11.6 Å². The van der Waals surface area contributed by atoms with E-state index < -0.39 is 0 Å². The second-order valence-corrected chi connectivity index (χ2v) is 4.09. The molecule has 0 aliphatic carbocycles. The van der Waals surface area contributed by atoms with E-state index in [0.717, 1.165) is 18.1 Å². The Labute approximate surface area is 89.7 Å². The van der Waals surface area contributed by atoms with Gasteiger partial charge in [-0.25, -0.2) is 0 Å². The van der Waals surface area contributed by atoms with Crippen LogP contribution < -0.4 is 5.73 Å². The van der Waals surface area contributed by atoms with Crippen LogP contribution in [0.3, 0.4) is 0 Å². The van der Waals surface area contributed by atoms with Crippen LogP contribution in [0.15, 0.2) is 18.2 Å². The van der Waals surface area contributed by atoms with Crippen LogP contribution in [0.25, 0.3) is 0 Å². The van der Waals surface area contributed by atoms with Gasteiger partial charge >= 0.3 is 0 Å². The van der Waals surface area contributed by atoms with Gasteiger partial charge in [0.1, 0.15) is 0 Å². The summed E-state index contributed by atoms with van der Waals surface area (Å²) in [5.74, 6) is 0. The Morgan fingerprint density at radius 3 is 3.00 bits per heavy atom. The number of nitrogens with two attached hydrogens (primary N) is 1. The van der Waals surface area contributed by atoms with Gasteiger partial charge in [0.15, 0.2) is 0 Å². The number of rotatable bonds is 2. The summed E-state index contributed by atoms with van der Waals surface area (Å²) in [6, 6.07) is 6.46. The normalized spacial score (nSPS) is 21.2. The number of halogens is 1. The van der Waals surface area contributed by atoms with E-state index in [0.29, 0.717) is 12.6 Å². The fraction of sp³-hybridized carbons (Fsp3) is 0.455. The molecule has 0 bridgehead atoms. The van der Waals surface area contributed by atoms with Gasteiger partial charge in [0.05, 0.1) is 0 Å². The molecule has 2 N–H and O–H groups in total. The van der Waals surface area contributed by atoms with Crippen molar-refractivity contribution in [2.45, 2.75) is 19.5 Å². The molecular formula is C11H15ClN2. The van der Waals surface area contributed by atoms with Crippen LogP contribution in [0.5, 0.6) is 0 Å². The van der Waals surface area contributed by atoms with Gasteiger partial charge in [0.2, 0.25) is 0 Å². The number of likely N-dealkylation sites (N-methyl/N-ethyl adjacent to an activating group) is 1. The molecule has 0 saturated heterocycles. The van der Waals surface area contributed by atoms with E-state index in [2.05, 4.69) is 17.9 Å².